The van der Waals surface area contributed by atoms with Crippen LogP contribution in [0.3, 0.4) is 0 Å². The maximum absolute atomic E-state index is 13.3. The number of hydrogen-bond donors (Lipinski definition) is 1. The number of nitrogens with zero attached hydrogens (tertiary/aromatic N) is 2. The maximum atomic E-state index is 13.3. The smallest absolute Gasteiger partial charge is 0.384 e. The molecule has 0 radical (unpaired) electrons. The Hall–Kier alpha value is -2.18. The molecular formula is C14H11F4N3. The zero-order valence-corrected chi connectivity index (χ0v) is 10.8. The number of rotatable bonds is 2. The van der Waals surface area contributed by atoms with Crippen LogP contribution >= 0.6 is 0 Å². The van der Waals surface area contributed by atoms with E-state index in [1.54, 1.807) is 6.07 Å². The molecule has 1 heterocycles. The molecule has 1 aliphatic carbocycles. The maximum Gasteiger partial charge on any atom is 0.417 e. The molecule has 3 nitrogen and oxygen atoms in total. The molecule has 3 rings (SSSR count). The zero-order chi connectivity index (χ0) is 15.2. The molecular weight excluding hydrogens is 286 g/mol. The van der Waals surface area contributed by atoms with Gasteiger partial charge in [0.1, 0.15) is 11.6 Å². The average molecular weight is 297 g/mol. The molecule has 0 amide bonds. The fraction of sp³-hybridized carbons (Fsp3) is 0.286. The van der Waals surface area contributed by atoms with Gasteiger partial charge in [0.25, 0.3) is 0 Å². The molecule has 1 fully saturated rings. The van der Waals surface area contributed by atoms with Gasteiger partial charge in [-0.15, -0.1) is 0 Å². The quantitative estimate of drug-likeness (QED) is 0.859. The van der Waals surface area contributed by atoms with Gasteiger partial charge in [0.2, 0.25) is 0 Å². The highest BCUT2D eigenvalue weighted by Crippen LogP contribution is 2.41. The largest absolute Gasteiger partial charge is 0.417 e. The van der Waals surface area contributed by atoms with Crippen molar-refractivity contribution in [3.8, 4) is 11.4 Å². The van der Waals surface area contributed by atoms with Crippen LogP contribution in [0.4, 0.5) is 23.4 Å². The molecule has 1 aromatic carbocycles. The first kappa shape index (κ1) is 13.8. The topological polar surface area (TPSA) is 51.8 Å². The zero-order valence-electron chi connectivity index (χ0n) is 10.8. The normalized spacial score (nSPS) is 15.2. The molecule has 7 heteroatoms. The van der Waals surface area contributed by atoms with Gasteiger partial charge in [0.05, 0.1) is 5.56 Å². The van der Waals surface area contributed by atoms with Crippen LogP contribution in [-0.2, 0) is 6.18 Å². The van der Waals surface area contributed by atoms with Gasteiger partial charge in [0.15, 0.2) is 5.82 Å². The predicted octanol–water partition coefficient (Wildman–Crippen LogP) is 3.76. The number of anilines is 1. The molecule has 21 heavy (non-hydrogen) atoms. The van der Waals surface area contributed by atoms with E-state index in [1.165, 1.54) is 0 Å². The second-order valence-corrected chi connectivity index (χ2v) is 5.00. The lowest BCUT2D eigenvalue weighted by atomic mass is 10.1. The standard InChI is InChI=1S/C14H11F4N3/c15-8-3-4-10(14(16,17)18)9(5-8)13-20-11(7-1-2-7)6-12(19)21-13/h3-7H,1-2H2,(H2,19,20,21). The van der Waals surface area contributed by atoms with Crippen molar-refractivity contribution in [3.05, 3.63) is 41.3 Å². The summed E-state index contributed by atoms with van der Waals surface area (Å²) in [6.07, 6.45) is -2.77. The third kappa shape index (κ3) is 2.81. The molecule has 0 spiro atoms. The summed E-state index contributed by atoms with van der Waals surface area (Å²) in [5.41, 5.74) is 4.87. The van der Waals surface area contributed by atoms with Gasteiger partial charge in [-0.3, -0.25) is 0 Å². The average Bonchev–Trinajstić information content (AvgIpc) is 3.20. The van der Waals surface area contributed by atoms with Crippen LogP contribution in [0.1, 0.15) is 30.0 Å². The number of nitrogen functional groups attached to an aromatic ring is 1. The molecule has 1 aliphatic rings. The summed E-state index contributed by atoms with van der Waals surface area (Å²) in [5, 5.41) is 0. The first-order chi connectivity index (χ1) is 9.84. The molecule has 1 aromatic heterocycles. The Labute approximate surface area is 117 Å². The number of benzene rings is 1. The van der Waals surface area contributed by atoms with Crippen LogP contribution in [0.5, 0.6) is 0 Å². The Morgan fingerprint density at radius 1 is 1.10 bits per heavy atom. The van der Waals surface area contributed by atoms with Gasteiger partial charge in [-0.2, -0.15) is 13.2 Å². The van der Waals surface area contributed by atoms with Crippen LogP contribution in [0.15, 0.2) is 24.3 Å². The van der Waals surface area contributed by atoms with Gasteiger partial charge in [-0.25, -0.2) is 14.4 Å². The van der Waals surface area contributed by atoms with Crippen LogP contribution < -0.4 is 5.73 Å². The molecule has 0 saturated heterocycles. The van der Waals surface area contributed by atoms with Gasteiger partial charge in [-0.05, 0) is 31.0 Å². The summed E-state index contributed by atoms with van der Waals surface area (Å²) in [5.74, 6) is -0.683. The number of aromatic nitrogens is 2. The van der Waals surface area contributed by atoms with E-state index in [-0.39, 0.29) is 17.6 Å². The molecule has 0 atom stereocenters. The van der Waals surface area contributed by atoms with Crippen molar-refractivity contribution in [1.29, 1.82) is 0 Å². The summed E-state index contributed by atoms with van der Waals surface area (Å²) in [7, 11) is 0. The minimum atomic E-state index is -4.61. The van der Waals surface area contributed by atoms with Crippen LogP contribution in [-0.4, -0.2) is 9.97 Å². The molecule has 0 bridgehead atoms. The Kier molecular flexibility index (Phi) is 3.07. The lowest BCUT2D eigenvalue weighted by Crippen LogP contribution is -2.09. The number of hydrogen-bond acceptors (Lipinski definition) is 3. The predicted molar refractivity (Wildman–Crippen MR) is 68.8 cm³/mol. The summed E-state index contributed by atoms with van der Waals surface area (Å²) >= 11 is 0. The van der Waals surface area contributed by atoms with Crippen molar-refractivity contribution in [3.63, 3.8) is 0 Å². The van der Waals surface area contributed by atoms with Crippen molar-refractivity contribution < 1.29 is 17.6 Å². The fourth-order valence-electron chi connectivity index (χ4n) is 2.14. The monoisotopic (exact) mass is 297 g/mol. The number of alkyl halides is 3. The van der Waals surface area contributed by atoms with Gasteiger partial charge in [0, 0.05) is 23.2 Å². The molecule has 0 unspecified atom stereocenters. The Morgan fingerprint density at radius 2 is 1.81 bits per heavy atom. The Bertz CT molecular complexity index is 693. The Morgan fingerprint density at radius 3 is 2.43 bits per heavy atom. The van der Waals surface area contributed by atoms with Crippen LogP contribution in [0.2, 0.25) is 0 Å². The van der Waals surface area contributed by atoms with E-state index < -0.39 is 23.1 Å². The molecule has 2 N–H and O–H groups in total. The highest BCUT2D eigenvalue weighted by atomic mass is 19.4. The summed E-state index contributed by atoms with van der Waals surface area (Å²) in [4.78, 5) is 7.95. The molecule has 2 aromatic rings. The second kappa shape index (κ2) is 4.68. The minimum Gasteiger partial charge on any atom is -0.384 e. The lowest BCUT2D eigenvalue weighted by Gasteiger charge is -2.13. The van der Waals surface area contributed by atoms with Crippen molar-refractivity contribution >= 4 is 5.82 Å². The molecule has 0 aliphatic heterocycles. The van der Waals surface area contributed by atoms with Gasteiger partial charge < -0.3 is 5.73 Å². The highest BCUT2D eigenvalue weighted by molar-refractivity contribution is 5.63. The van der Waals surface area contributed by atoms with E-state index in [0.717, 1.165) is 25.0 Å². The van der Waals surface area contributed by atoms with Crippen molar-refractivity contribution in [1.82, 2.24) is 9.97 Å². The second-order valence-electron chi connectivity index (χ2n) is 5.00. The van der Waals surface area contributed by atoms with Crippen molar-refractivity contribution in [2.24, 2.45) is 0 Å². The van der Waals surface area contributed by atoms with Crippen LogP contribution in [0.25, 0.3) is 11.4 Å². The fourth-order valence-corrected chi connectivity index (χ4v) is 2.14. The SMILES string of the molecule is Nc1cc(C2CC2)nc(-c2cc(F)ccc2C(F)(F)F)n1. The Balaban J connectivity index is 2.17. The molecule has 110 valence electrons. The van der Waals surface area contributed by atoms with E-state index in [9.17, 15) is 17.6 Å². The van der Waals surface area contributed by atoms with Crippen LogP contribution in [0, 0.1) is 5.82 Å². The van der Waals surface area contributed by atoms with Crippen molar-refractivity contribution in [2.75, 3.05) is 5.73 Å². The number of halogens is 4. The van der Waals surface area contributed by atoms with Gasteiger partial charge >= 0.3 is 6.18 Å². The van der Waals surface area contributed by atoms with E-state index in [4.69, 9.17) is 5.73 Å². The number of nitrogens with two attached hydrogens (primary N) is 1. The van der Waals surface area contributed by atoms with Gasteiger partial charge in [-0.1, -0.05) is 0 Å². The highest BCUT2D eigenvalue weighted by Gasteiger charge is 2.35. The summed E-state index contributed by atoms with van der Waals surface area (Å²) in [6, 6.07) is 3.79. The van der Waals surface area contributed by atoms with E-state index in [2.05, 4.69) is 9.97 Å². The first-order valence-corrected chi connectivity index (χ1v) is 6.36. The first-order valence-electron chi connectivity index (χ1n) is 6.36. The summed E-state index contributed by atoms with van der Waals surface area (Å²) in [6.45, 7) is 0. The lowest BCUT2D eigenvalue weighted by molar-refractivity contribution is -0.137. The van der Waals surface area contributed by atoms with E-state index in [0.29, 0.717) is 11.8 Å². The third-order valence-corrected chi connectivity index (χ3v) is 3.29. The third-order valence-electron chi connectivity index (χ3n) is 3.29. The van der Waals surface area contributed by atoms with Crippen molar-refractivity contribution in [2.45, 2.75) is 24.9 Å². The molecule has 1 saturated carbocycles. The minimum absolute atomic E-state index is 0.0827. The summed E-state index contributed by atoms with van der Waals surface area (Å²) < 4.78 is 52.4. The van der Waals surface area contributed by atoms with E-state index >= 15 is 0 Å². The van der Waals surface area contributed by atoms with E-state index in [1.807, 2.05) is 0 Å².